The Balaban J connectivity index is 1.85. The third-order valence-electron chi connectivity index (χ3n) is 3.74. The van der Waals surface area contributed by atoms with E-state index < -0.39 is 0 Å². The SMILES string of the molecule is COc1cc(OCc2ccccc2)cc(-c2ccc(C=O)cc2)c1. The van der Waals surface area contributed by atoms with Gasteiger partial charge < -0.3 is 9.47 Å². The zero-order chi connectivity index (χ0) is 16.8. The highest BCUT2D eigenvalue weighted by atomic mass is 16.5. The van der Waals surface area contributed by atoms with Crippen molar-refractivity contribution in [3.63, 3.8) is 0 Å². The molecule has 0 unspecified atom stereocenters. The average Bonchev–Trinajstić information content (AvgIpc) is 2.67. The van der Waals surface area contributed by atoms with Crippen LogP contribution in [0.3, 0.4) is 0 Å². The fourth-order valence-corrected chi connectivity index (χ4v) is 2.43. The van der Waals surface area contributed by atoms with E-state index in [1.165, 1.54) is 0 Å². The molecule has 0 fully saturated rings. The molecule has 0 N–H and O–H groups in total. The Morgan fingerprint density at radius 2 is 1.54 bits per heavy atom. The minimum Gasteiger partial charge on any atom is -0.497 e. The first kappa shape index (κ1) is 15.8. The molecule has 3 aromatic rings. The number of methoxy groups -OCH3 is 1. The molecular weight excluding hydrogens is 300 g/mol. The van der Waals surface area contributed by atoms with Gasteiger partial charge in [0.05, 0.1) is 7.11 Å². The summed E-state index contributed by atoms with van der Waals surface area (Å²) >= 11 is 0. The number of hydrogen-bond acceptors (Lipinski definition) is 3. The zero-order valence-electron chi connectivity index (χ0n) is 13.4. The van der Waals surface area contributed by atoms with Gasteiger partial charge in [0, 0.05) is 11.6 Å². The predicted molar refractivity (Wildman–Crippen MR) is 94.6 cm³/mol. The van der Waals surface area contributed by atoms with Crippen LogP contribution in [-0.2, 0) is 6.61 Å². The number of aldehydes is 1. The van der Waals surface area contributed by atoms with Gasteiger partial charge in [0.15, 0.2) is 0 Å². The lowest BCUT2D eigenvalue weighted by molar-refractivity contribution is 0.112. The van der Waals surface area contributed by atoms with E-state index in [0.29, 0.717) is 12.2 Å². The molecule has 0 spiro atoms. The van der Waals surface area contributed by atoms with Gasteiger partial charge in [-0.05, 0) is 28.8 Å². The maximum Gasteiger partial charge on any atom is 0.150 e. The second kappa shape index (κ2) is 7.47. The van der Waals surface area contributed by atoms with E-state index in [0.717, 1.165) is 34.5 Å². The Kier molecular flexibility index (Phi) is 4.92. The fraction of sp³-hybridized carbons (Fsp3) is 0.0952. The smallest absolute Gasteiger partial charge is 0.150 e. The molecular formula is C21H18O3. The van der Waals surface area contributed by atoms with Crippen LogP contribution >= 0.6 is 0 Å². The first-order chi connectivity index (χ1) is 11.8. The summed E-state index contributed by atoms with van der Waals surface area (Å²) in [5, 5.41) is 0. The number of ether oxygens (including phenoxy) is 2. The normalized spacial score (nSPS) is 10.2. The molecule has 0 aliphatic heterocycles. The quantitative estimate of drug-likeness (QED) is 0.615. The standard InChI is InChI=1S/C21H18O3/c1-23-20-11-19(18-9-7-16(14-22)8-10-18)12-21(13-20)24-15-17-5-3-2-4-6-17/h2-14H,15H2,1H3. The summed E-state index contributed by atoms with van der Waals surface area (Å²) in [6.07, 6.45) is 0.837. The Hall–Kier alpha value is -3.07. The number of carbonyl (C=O) groups is 1. The lowest BCUT2D eigenvalue weighted by Gasteiger charge is -2.11. The van der Waals surface area contributed by atoms with E-state index >= 15 is 0 Å². The van der Waals surface area contributed by atoms with Crippen LogP contribution in [0.25, 0.3) is 11.1 Å². The van der Waals surface area contributed by atoms with Crippen molar-refractivity contribution in [3.8, 4) is 22.6 Å². The van der Waals surface area contributed by atoms with Gasteiger partial charge in [0.2, 0.25) is 0 Å². The van der Waals surface area contributed by atoms with E-state index in [-0.39, 0.29) is 0 Å². The average molecular weight is 318 g/mol. The van der Waals surface area contributed by atoms with Gasteiger partial charge in [-0.1, -0.05) is 54.6 Å². The molecule has 0 aliphatic carbocycles. The molecule has 0 aromatic heterocycles. The molecule has 24 heavy (non-hydrogen) atoms. The lowest BCUT2D eigenvalue weighted by atomic mass is 10.0. The van der Waals surface area contributed by atoms with E-state index in [2.05, 4.69) is 0 Å². The number of carbonyl (C=O) groups excluding carboxylic acids is 1. The summed E-state index contributed by atoms with van der Waals surface area (Å²) in [4.78, 5) is 10.8. The van der Waals surface area contributed by atoms with Gasteiger partial charge >= 0.3 is 0 Å². The molecule has 0 bridgehead atoms. The van der Waals surface area contributed by atoms with E-state index in [4.69, 9.17) is 9.47 Å². The van der Waals surface area contributed by atoms with Crippen molar-refractivity contribution >= 4 is 6.29 Å². The van der Waals surface area contributed by atoms with Crippen molar-refractivity contribution in [2.24, 2.45) is 0 Å². The highest BCUT2D eigenvalue weighted by Crippen LogP contribution is 2.30. The molecule has 3 nitrogen and oxygen atoms in total. The Morgan fingerprint density at radius 3 is 2.21 bits per heavy atom. The molecule has 3 rings (SSSR count). The fourth-order valence-electron chi connectivity index (χ4n) is 2.43. The van der Waals surface area contributed by atoms with Crippen molar-refractivity contribution < 1.29 is 14.3 Å². The molecule has 0 saturated heterocycles. The van der Waals surface area contributed by atoms with Crippen LogP contribution in [0.1, 0.15) is 15.9 Å². The first-order valence-corrected chi connectivity index (χ1v) is 7.70. The minimum atomic E-state index is 0.498. The van der Waals surface area contributed by atoms with Crippen LogP contribution in [-0.4, -0.2) is 13.4 Å². The van der Waals surface area contributed by atoms with E-state index in [1.54, 1.807) is 19.2 Å². The number of rotatable bonds is 6. The van der Waals surface area contributed by atoms with Crippen molar-refractivity contribution in [2.75, 3.05) is 7.11 Å². The summed E-state index contributed by atoms with van der Waals surface area (Å²) < 4.78 is 11.3. The lowest BCUT2D eigenvalue weighted by Crippen LogP contribution is -1.96. The number of hydrogen-bond donors (Lipinski definition) is 0. The highest BCUT2D eigenvalue weighted by molar-refractivity contribution is 5.77. The summed E-state index contributed by atoms with van der Waals surface area (Å²) in [5.41, 5.74) is 3.75. The highest BCUT2D eigenvalue weighted by Gasteiger charge is 2.06. The summed E-state index contributed by atoms with van der Waals surface area (Å²) in [7, 11) is 1.63. The van der Waals surface area contributed by atoms with Crippen LogP contribution in [0.5, 0.6) is 11.5 Å². The third-order valence-corrected chi connectivity index (χ3v) is 3.74. The van der Waals surface area contributed by atoms with Gasteiger partial charge in [-0.25, -0.2) is 0 Å². The number of benzene rings is 3. The van der Waals surface area contributed by atoms with Crippen molar-refractivity contribution in [1.29, 1.82) is 0 Å². The first-order valence-electron chi connectivity index (χ1n) is 7.70. The molecule has 0 radical (unpaired) electrons. The monoisotopic (exact) mass is 318 g/mol. The second-order valence-electron chi connectivity index (χ2n) is 5.41. The minimum absolute atomic E-state index is 0.498. The maximum absolute atomic E-state index is 10.8. The van der Waals surface area contributed by atoms with Gasteiger partial charge in [-0.3, -0.25) is 4.79 Å². The molecule has 0 saturated carbocycles. The largest absolute Gasteiger partial charge is 0.497 e. The third kappa shape index (κ3) is 3.82. The Morgan fingerprint density at radius 1 is 0.833 bits per heavy atom. The topological polar surface area (TPSA) is 35.5 Å². The molecule has 3 heteroatoms. The van der Waals surface area contributed by atoms with Gasteiger partial charge in [0.1, 0.15) is 24.4 Å². The summed E-state index contributed by atoms with van der Waals surface area (Å²) in [6.45, 7) is 0.498. The van der Waals surface area contributed by atoms with Crippen LogP contribution in [0, 0.1) is 0 Å². The van der Waals surface area contributed by atoms with Crippen molar-refractivity contribution in [1.82, 2.24) is 0 Å². The van der Waals surface area contributed by atoms with Crippen molar-refractivity contribution in [3.05, 3.63) is 83.9 Å². The predicted octanol–water partition coefficient (Wildman–Crippen LogP) is 4.75. The van der Waals surface area contributed by atoms with Gasteiger partial charge in [-0.15, -0.1) is 0 Å². The van der Waals surface area contributed by atoms with Crippen molar-refractivity contribution in [2.45, 2.75) is 6.61 Å². The van der Waals surface area contributed by atoms with Gasteiger partial charge in [-0.2, -0.15) is 0 Å². The maximum atomic E-state index is 10.8. The molecule has 0 heterocycles. The second-order valence-corrected chi connectivity index (χ2v) is 5.41. The van der Waals surface area contributed by atoms with Gasteiger partial charge in [0.25, 0.3) is 0 Å². The molecule has 3 aromatic carbocycles. The molecule has 120 valence electrons. The van der Waals surface area contributed by atoms with Crippen LogP contribution in [0.15, 0.2) is 72.8 Å². The summed E-state index contributed by atoms with van der Waals surface area (Å²) in [6, 6.07) is 23.2. The Labute approximate surface area is 141 Å². The van der Waals surface area contributed by atoms with Crippen LogP contribution < -0.4 is 9.47 Å². The summed E-state index contributed by atoms with van der Waals surface area (Å²) in [5.74, 6) is 1.47. The van der Waals surface area contributed by atoms with E-state index in [9.17, 15) is 4.79 Å². The Bertz CT molecular complexity index is 808. The van der Waals surface area contributed by atoms with E-state index in [1.807, 2.05) is 60.7 Å². The van der Waals surface area contributed by atoms with Crippen LogP contribution in [0.4, 0.5) is 0 Å². The molecule has 0 aliphatic rings. The zero-order valence-corrected chi connectivity index (χ0v) is 13.4. The van der Waals surface area contributed by atoms with Crippen LogP contribution in [0.2, 0.25) is 0 Å². The molecule has 0 amide bonds. The molecule has 0 atom stereocenters.